The maximum Gasteiger partial charge on any atom is 0.243 e. The number of ether oxygens (including phenoxy) is 3. The SMILES string of the molecule is CC(Cc1ccc(-c2ccc(C#N)cc2)cc1)NC(=O)C1Cc2cc3c(cc2CN1C(=O)C1CCC1)OC(c1ccc(OCc2ccc(Cl)c(Cl)c2)cc1)CO3. The Hall–Kier alpha value is -5.49. The second kappa shape index (κ2) is 16.3. The van der Waals surface area contributed by atoms with E-state index in [-0.39, 0.29) is 29.9 Å². The molecule has 8 nitrogen and oxygen atoms in total. The molecule has 3 atom stereocenters. The molecule has 0 aromatic heterocycles. The molecule has 2 aliphatic heterocycles. The molecule has 8 rings (SSSR count). The Kier molecular flexibility index (Phi) is 10.9. The van der Waals surface area contributed by atoms with Crippen LogP contribution in [-0.2, 0) is 35.6 Å². The smallest absolute Gasteiger partial charge is 0.243 e. The van der Waals surface area contributed by atoms with Gasteiger partial charge in [-0.25, -0.2) is 0 Å². The number of carbonyl (C=O) groups excluding carboxylic acids is 2. The standard InChI is InChI=1S/C46H41Cl2N3O5/c1-28(19-29-5-10-32(11-6-29)33-12-7-30(24-49)8-13-33)50-45(52)41-21-36-22-42-43(23-37(36)25-51(41)46(53)35-3-2-4-35)56-44(27-55-42)34-14-16-38(17-15-34)54-26-31-9-18-39(47)40(48)20-31/h5-18,20,22-23,28,35,41,44H,2-4,19,21,25-27H2,1H3,(H,50,52). The number of rotatable bonds is 10. The Morgan fingerprint density at radius 3 is 2.25 bits per heavy atom. The van der Waals surface area contributed by atoms with Gasteiger partial charge in [0.15, 0.2) is 17.6 Å². The monoisotopic (exact) mass is 785 g/mol. The van der Waals surface area contributed by atoms with Crippen molar-refractivity contribution in [2.75, 3.05) is 6.61 Å². The number of amides is 2. The van der Waals surface area contributed by atoms with Gasteiger partial charge in [-0.3, -0.25) is 9.59 Å². The van der Waals surface area contributed by atoms with Crippen LogP contribution in [0.25, 0.3) is 11.1 Å². The quantitative estimate of drug-likeness (QED) is 0.152. The molecule has 1 fully saturated rings. The Bertz CT molecular complexity index is 2280. The van der Waals surface area contributed by atoms with Crippen molar-refractivity contribution in [3.8, 4) is 34.4 Å². The molecule has 1 aliphatic carbocycles. The lowest BCUT2D eigenvalue weighted by Crippen LogP contribution is -2.56. The number of benzene rings is 5. The fraction of sp³-hybridized carbons (Fsp3) is 0.283. The van der Waals surface area contributed by atoms with E-state index in [4.69, 9.17) is 42.7 Å². The van der Waals surface area contributed by atoms with Crippen LogP contribution in [0.2, 0.25) is 10.0 Å². The van der Waals surface area contributed by atoms with Gasteiger partial charge in [0.2, 0.25) is 11.8 Å². The lowest BCUT2D eigenvalue weighted by Gasteiger charge is -2.40. The minimum absolute atomic E-state index is 0.0438. The number of nitrogens with one attached hydrogen (secondary N) is 1. The van der Waals surface area contributed by atoms with E-state index in [1.165, 1.54) is 0 Å². The van der Waals surface area contributed by atoms with E-state index in [0.29, 0.717) is 65.5 Å². The van der Waals surface area contributed by atoms with Crippen LogP contribution in [0.15, 0.2) is 103 Å². The van der Waals surface area contributed by atoms with Crippen LogP contribution < -0.4 is 19.5 Å². The summed E-state index contributed by atoms with van der Waals surface area (Å²) in [6.07, 6.45) is 3.46. The molecule has 1 N–H and O–H groups in total. The van der Waals surface area contributed by atoms with Gasteiger partial charge < -0.3 is 24.4 Å². The number of carbonyl (C=O) groups is 2. The van der Waals surface area contributed by atoms with Crippen LogP contribution >= 0.6 is 23.2 Å². The molecule has 5 aromatic rings. The molecule has 3 aliphatic rings. The lowest BCUT2D eigenvalue weighted by molar-refractivity contribution is -0.147. The van der Waals surface area contributed by atoms with Gasteiger partial charge in [0.05, 0.1) is 21.7 Å². The first kappa shape index (κ1) is 37.4. The maximum absolute atomic E-state index is 14.0. The summed E-state index contributed by atoms with van der Waals surface area (Å²) in [5.74, 6) is 1.82. The van der Waals surface area contributed by atoms with Crippen molar-refractivity contribution in [2.45, 2.75) is 70.4 Å². The summed E-state index contributed by atoms with van der Waals surface area (Å²) in [6, 6.07) is 34.3. The molecule has 0 bridgehead atoms. The van der Waals surface area contributed by atoms with E-state index < -0.39 is 6.04 Å². The predicted octanol–water partition coefficient (Wildman–Crippen LogP) is 9.42. The Labute approximate surface area is 336 Å². The molecule has 284 valence electrons. The van der Waals surface area contributed by atoms with Gasteiger partial charge in [0, 0.05) is 24.9 Å². The second-order valence-electron chi connectivity index (χ2n) is 14.9. The summed E-state index contributed by atoms with van der Waals surface area (Å²) >= 11 is 12.2. The Morgan fingerprint density at radius 2 is 1.57 bits per heavy atom. The fourth-order valence-corrected chi connectivity index (χ4v) is 7.88. The van der Waals surface area contributed by atoms with Crippen LogP contribution in [0.3, 0.4) is 0 Å². The van der Waals surface area contributed by atoms with Crippen LogP contribution in [0.1, 0.15) is 65.7 Å². The number of nitriles is 1. The van der Waals surface area contributed by atoms with Gasteiger partial charge in [-0.2, -0.15) is 5.26 Å². The van der Waals surface area contributed by atoms with E-state index in [2.05, 4.69) is 35.7 Å². The number of fused-ring (bicyclic) bond motifs is 2. The number of hydrogen-bond donors (Lipinski definition) is 1. The maximum atomic E-state index is 14.0. The van der Waals surface area contributed by atoms with Gasteiger partial charge in [-0.15, -0.1) is 0 Å². The average Bonchev–Trinajstić information content (AvgIpc) is 3.19. The summed E-state index contributed by atoms with van der Waals surface area (Å²) in [6.45, 7) is 3.02. The largest absolute Gasteiger partial charge is 0.489 e. The molecular formula is C46H41Cl2N3O5. The highest BCUT2D eigenvalue weighted by Crippen LogP contribution is 2.42. The molecule has 1 saturated carbocycles. The molecule has 2 heterocycles. The van der Waals surface area contributed by atoms with E-state index in [1.807, 2.05) is 73.7 Å². The van der Waals surface area contributed by atoms with Crippen molar-refractivity contribution >= 4 is 35.0 Å². The van der Waals surface area contributed by atoms with Crippen LogP contribution in [-0.4, -0.2) is 35.4 Å². The number of halogens is 2. The Balaban J connectivity index is 0.922. The second-order valence-corrected chi connectivity index (χ2v) is 15.7. The number of nitrogens with zero attached hydrogens (tertiary/aromatic N) is 2. The zero-order valence-corrected chi connectivity index (χ0v) is 32.5. The van der Waals surface area contributed by atoms with Gasteiger partial charge >= 0.3 is 0 Å². The van der Waals surface area contributed by atoms with E-state index in [1.54, 1.807) is 17.0 Å². The van der Waals surface area contributed by atoms with E-state index >= 15 is 0 Å². The average molecular weight is 787 g/mol. The summed E-state index contributed by atoms with van der Waals surface area (Å²) < 4.78 is 18.7. The van der Waals surface area contributed by atoms with Gasteiger partial charge in [0.1, 0.15) is 25.0 Å². The minimum Gasteiger partial charge on any atom is -0.489 e. The van der Waals surface area contributed by atoms with Gasteiger partial charge in [-0.05, 0) is 114 Å². The lowest BCUT2D eigenvalue weighted by atomic mass is 9.82. The molecule has 5 aromatic carbocycles. The van der Waals surface area contributed by atoms with Crippen LogP contribution in [0, 0.1) is 17.2 Å². The topological polar surface area (TPSA) is 101 Å². The molecule has 2 amide bonds. The first-order chi connectivity index (χ1) is 27.2. The molecule has 56 heavy (non-hydrogen) atoms. The minimum atomic E-state index is -0.621. The zero-order valence-electron chi connectivity index (χ0n) is 31.0. The van der Waals surface area contributed by atoms with Crippen molar-refractivity contribution in [2.24, 2.45) is 5.92 Å². The first-order valence-corrected chi connectivity index (χ1v) is 19.8. The molecular weight excluding hydrogens is 745 g/mol. The van der Waals surface area contributed by atoms with Crippen LogP contribution in [0.4, 0.5) is 0 Å². The highest BCUT2D eigenvalue weighted by atomic mass is 35.5. The molecule has 0 spiro atoms. The van der Waals surface area contributed by atoms with Crippen molar-refractivity contribution < 1.29 is 23.8 Å². The molecule has 3 unspecified atom stereocenters. The Morgan fingerprint density at radius 1 is 0.875 bits per heavy atom. The zero-order chi connectivity index (χ0) is 38.8. The summed E-state index contributed by atoms with van der Waals surface area (Å²) in [5, 5.41) is 13.3. The van der Waals surface area contributed by atoms with E-state index in [0.717, 1.165) is 58.2 Å². The highest BCUT2D eigenvalue weighted by Gasteiger charge is 2.40. The van der Waals surface area contributed by atoms with Crippen molar-refractivity contribution in [3.63, 3.8) is 0 Å². The van der Waals surface area contributed by atoms with Crippen LogP contribution in [0.5, 0.6) is 17.2 Å². The molecule has 10 heteroatoms. The molecule has 0 saturated heterocycles. The van der Waals surface area contributed by atoms with Crippen molar-refractivity contribution in [1.29, 1.82) is 5.26 Å². The summed E-state index contributed by atoms with van der Waals surface area (Å²) in [5.41, 5.74) is 7.64. The third-order valence-electron chi connectivity index (χ3n) is 11.0. The predicted molar refractivity (Wildman–Crippen MR) is 216 cm³/mol. The third kappa shape index (κ3) is 8.21. The summed E-state index contributed by atoms with van der Waals surface area (Å²) in [4.78, 5) is 29.6. The highest BCUT2D eigenvalue weighted by molar-refractivity contribution is 6.42. The van der Waals surface area contributed by atoms with Crippen molar-refractivity contribution in [1.82, 2.24) is 10.2 Å². The van der Waals surface area contributed by atoms with Crippen molar-refractivity contribution in [3.05, 3.63) is 147 Å². The fourth-order valence-electron chi connectivity index (χ4n) is 7.56. The third-order valence-corrected chi connectivity index (χ3v) is 11.7. The van der Waals surface area contributed by atoms with E-state index in [9.17, 15) is 9.59 Å². The summed E-state index contributed by atoms with van der Waals surface area (Å²) in [7, 11) is 0. The normalized spacial score (nSPS) is 17.9. The van der Waals surface area contributed by atoms with Gasteiger partial charge in [0.25, 0.3) is 0 Å². The number of hydrogen-bond acceptors (Lipinski definition) is 6. The molecule has 0 radical (unpaired) electrons. The first-order valence-electron chi connectivity index (χ1n) is 19.0. The van der Waals surface area contributed by atoms with Gasteiger partial charge in [-0.1, -0.05) is 84.2 Å².